The van der Waals surface area contributed by atoms with E-state index in [4.69, 9.17) is 0 Å². The molecule has 0 aliphatic heterocycles. The van der Waals surface area contributed by atoms with E-state index in [1.165, 1.54) is 12.8 Å². The quantitative estimate of drug-likeness (QED) is 0.622. The number of carbonyl (C=O) groups excluding carboxylic acids is 2. The summed E-state index contributed by atoms with van der Waals surface area (Å²) in [5, 5.41) is 7.99. The lowest BCUT2D eigenvalue weighted by molar-refractivity contribution is -0.121. The van der Waals surface area contributed by atoms with E-state index in [0.717, 1.165) is 6.54 Å². The third-order valence-corrected chi connectivity index (χ3v) is 3.50. The van der Waals surface area contributed by atoms with Gasteiger partial charge in [0.05, 0.1) is 6.04 Å². The van der Waals surface area contributed by atoms with Crippen LogP contribution >= 0.6 is 0 Å². The fraction of sp³-hybridized carbons (Fsp3) is 0.846. The van der Waals surface area contributed by atoms with Gasteiger partial charge in [0, 0.05) is 25.2 Å². The second kappa shape index (κ2) is 7.45. The average molecular weight is 270 g/mol. The van der Waals surface area contributed by atoms with Crippen LogP contribution in [-0.2, 0) is 4.79 Å². The summed E-state index contributed by atoms with van der Waals surface area (Å²) >= 11 is 0. The normalized spacial score (nSPS) is 17.9. The number of hydrogen-bond donors (Lipinski definition) is 3. The average Bonchev–Trinajstić information content (AvgIpc) is 3.18. The molecule has 3 amide bonds. The summed E-state index contributed by atoms with van der Waals surface area (Å²) in [6, 6.07) is 0.269. The summed E-state index contributed by atoms with van der Waals surface area (Å²) < 4.78 is 0. The Labute approximate surface area is 115 Å². The van der Waals surface area contributed by atoms with E-state index < -0.39 is 6.03 Å². The van der Waals surface area contributed by atoms with Gasteiger partial charge in [-0.3, -0.25) is 15.0 Å². The van der Waals surface area contributed by atoms with Gasteiger partial charge in [-0.2, -0.15) is 0 Å². The number of hydrogen-bond acceptors (Lipinski definition) is 4. The summed E-state index contributed by atoms with van der Waals surface area (Å²) in [5.41, 5.74) is 0. The highest BCUT2D eigenvalue weighted by atomic mass is 16.2. The Morgan fingerprint density at radius 3 is 2.47 bits per heavy atom. The van der Waals surface area contributed by atoms with Gasteiger partial charge in [-0.25, -0.2) is 4.79 Å². The van der Waals surface area contributed by atoms with Gasteiger partial charge in [-0.1, -0.05) is 0 Å². The lowest BCUT2D eigenvalue weighted by Crippen LogP contribution is -2.50. The SMILES string of the molecule is CCNC(=O)NC(=O)C(C)NCC(C)N(C)C1CC1. The zero-order valence-electron chi connectivity index (χ0n) is 12.3. The van der Waals surface area contributed by atoms with Crippen molar-refractivity contribution in [1.29, 1.82) is 0 Å². The van der Waals surface area contributed by atoms with E-state index >= 15 is 0 Å². The van der Waals surface area contributed by atoms with E-state index in [2.05, 4.69) is 34.8 Å². The van der Waals surface area contributed by atoms with Gasteiger partial charge in [0.1, 0.15) is 0 Å². The molecule has 0 radical (unpaired) electrons. The Hall–Kier alpha value is -1.14. The van der Waals surface area contributed by atoms with Gasteiger partial charge in [0.15, 0.2) is 0 Å². The highest BCUT2D eigenvalue weighted by molar-refractivity contribution is 5.96. The third kappa shape index (κ3) is 5.57. The Morgan fingerprint density at radius 2 is 1.95 bits per heavy atom. The van der Waals surface area contributed by atoms with Crippen LogP contribution in [0, 0.1) is 0 Å². The summed E-state index contributed by atoms with van der Waals surface area (Å²) in [7, 11) is 2.11. The molecule has 0 bridgehead atoms. The second-order valence-corrected chi connectivity index (χ2v) is 5.22. The van der Waals surface area contributed by atoms with Gasteiger partial charge < -0.3 is 10.6 Å². The number of carbonyl (C=O) groups is 2. The molecule has 0 spiro atoms. The van der Waals surface area contributed by atoms with Crippen molar-refractivity contribution in [2.24, 2.45) is 0 Å². The van der Waals surface area contributed by atoms with Gasteiger partial charge in [-0.15, -0.1) is 0 Å². The van der Waals surface area contributed by atoms with Crippen LogP contribution in [0.4, 0.5) is 4.79 Å². The monoisotopic (exact) mass is 270 g/mol. The van der Waals surface area contributed by atoms with Crippen LogP contribution in [0.3, 0.4) is 0 Å². The number of likely N-dealkylation sites (N-methyl/N-ethyl adjacent to an activating group) is 1. The topological polar surface area (TPSA) is 73.5 Å². The molecule has 2 unspecified atom stereocenters. The van der Waals surface area contributed by atoms with Crippen molar-refractivity contribution in [2.75, 3.05) is 20.1 Å². The summed E-state index contributed by atoms with van der Waals surface area (Å²) in [5.74, 6) is -0.299. The fourth-order valence-electron chi connectivity index (χ4n) is 1.85. The first-order chi connectivity index (χ1) is 8.95. The van der Waals surface area contributed by atoms with E-state index in [0.29, 0.717) is 18.6 Å². The second-order valence-electron chi connectivity index (χ2n) is 5.22. The summed E-state index contributed by atoms with van der Waals surface area (Å²) in [4.78, 5) is 25.3. The Balaban J connectivity index is 2.23. The molecular weight excluding hydrogens is 244 g/mol. The molecule has 0 aromatic heterocycles. The van der Waals surface area contributed by atoms with Crippen LogP contribution in [0.1, 0.15) is 33.6 Å². The van der Waals surface area contributed by atoms with Gasteiger partial charge in [0.25, 0.3) is 0 Å². The first kappa shape index (κ1) is 15.9. The van der Waals surface area contributed by atoms with Crippen molar-refractivity contribution in [1.82, 2.24) is 20.9 Å². The van der Waals surface area contributed by atoms with Gasteiger partial charge in [-0.05, 0) is 40.7 Å². The van der Waals surface area contributed by atoms with Crippen molar-refractivity contribution in [3.05, 3.63) is 0 Å². The molecule has 6 nitrogen and oxygen atoms in total. The maximum absolute atomic E-state index is 11.7. The number of nitrogens with one attached hydrogen (secondary N) is 3. The molecule has 1 fully saturated rings. The van der Waals surface area contributed by atoms with E-state index in [1.807, 2.05) is 0 Å². The van der Waals surface area contributed by atoms with Crippen LogP contribution in [0.5, 0.6) is 0 Å². The van der Waals surface area contributed by atoms with Crippen LogP contribution in [0.15, 0.2) is 0 Å². The Kier molecular flexibility index (Phi) is 6.24. The lowest BCUT2D eigenvalue weighted by atomic mass is 10.2. The zero-order chi connectivity index (χ0) is 14.4. The minimum absolute atomic E-state index is 0.299. The molecule has 1 aliphatic carbocycles. The third-order valence-electron chi connectivity index (χ3n) is 3.50. The van der Waals surface area contributed by atoms with Crippen molar-refractivity contribution >= 4 is 11.9 Å². The first-order valence-electron chi connectivity index (χ1n) is 6.99. The number of amides is 3. The van der Waals surface area contributed by atoms with Crippen molar-refractivity contribution in [3.63, 3.8) is 0 Å². The molecule has 19 heavy (non-hydrogen) atoms. The molecule has 3 N–H and O–H groups in total. The Morgan fingerprint density at radius 1 is 1.32 bits per heavy atom. The van der Waals surface area contributed by atoms with Crippen LogP contribution in [0.25, 0.3) is 0 Å². The van der Waals surface area contributed by atoms with Crippen molar-refractivity contribution < 1.29 is 9.59 Å². The molecule has 0 aromatic rings. The first-order valence-corrected chi connectivity index (χ1v) is 6.99. The van der Waals surface area contributed by atoms with E-state index in [1.54, 1.807) is 13.8 Å². The zero-order valence-corrected chi connectivity index (χ0v) is 12.3. The molecule has 1 saturated carbocycles. The summed E-state index contributed by atoms with van der Waals surface area (Å²) in [6.45, 7) is 6.94. The van der Waals surface area contributed by atoms with Crippen LogP contribution in [0.2, 0.25) is 0 Å². The maximum atomic E-state index is 11.7. The van der Waals surface area contributed by atoms with Crippen molar-refractivity contribution in [3.8, 4) is 0 Å². The number of imide groups is 1. The largest absolute Gasteiger partial charge is 0.338 e. The number of rotatable bonds is 7. The van der Waals surface area contributed by atoms with Crippen LogP contribution in [-0.4, -0.2) is 55.1 Å². The molecule has 110 valence electrons. The molecule has 2 atom stereocenters. The molecule has 1 aliphatic rings. The minimum atomic E-state index is -0.440. The molecule has 6 heteroatoms. The molecule has 0 aromatic carbocycles. The van der Waals surface area contributed by atoms with Gasteiger partial charge in [0.2, 0.25) is 5.91 Å². The molecule has 0 heterocycles. The van der Waals surface area contributed by atoms with Gasteiger partial charge >= 0.3 is 6.03 Å². The number of urea groups is 1. The van der Waals surface area contributed by atoms with E-state index in [-0.39, 0.29) is 11.9 Å². The fourth-order valence-corrected chi connectivity index (χ4v) is 1.85. The predicted octanol–water partition coefficient (Wildman–Crippen LogP) is 0.293. The molecule has 1 rings (SSSR count). The standard InChI is InChI=1S/C13H26N4O2/c1-5-14-13(19)16-12(18)10(3)15-8-9(2)17(4)11-6-7-11/h9-11,15H,5-8H2,1-4H3,(H2,14,16,18,19). The summed E-state index contributed by atoms with van der Waals surface area (Å²) in [6.07, 6.45) is 2.54. The highest BCUT2D eigenvalue weighted by Gasteiger charge is 2.29. The minimum Gasteiger partial charge on any atom is -0.338 e. The Bertz CT molecular complexity index is 318. The molecular formula is C13H26N4O2. The molecule has 0 saturated heterocycles. The van der Waals surface area contributed by atoms with E-state index in [9.17, 15) is 9.59 Å². The number of nitrogens with zero attached hydrogens (tertiary/aromatic N) is 1. The van der Waals surface area contributed by atoms with Crippen molar-refractivity contribution in [2.45, 2.75) is 51.7 Å². The van der Waals surface area contributed by atoms with Crippen LogP contribution < -0.4 is 16.0 Å². The highest BCUT2D eigenvalue weighted by Crippen LogP contribution is 2.26. The predicted molar refractivity (Wildman–Crippen MR) is 74.9 cm³/mol. The maximum Gasteiger partial charge on any atom is 0.321 e. The lowest BCUT2D eigenvalue weighted by Gasteiger charge is -2.26. The smallest absolute Gasteiger partial charge is 0.321 e.